The molecule has 5 heteroatoms. The van der Waals surface area contributed by atoms with Gasteiger partial charge in [0.2, 0.25) is 0 Å². The molecule has 0 aromatic rings. The summed E-state index contributed by atoms with van der Waals surface area (Å²) in [6.07, 6.45) is 5.69. The summed E-state index contributed by atoms with van der Waals surface area (Å²) in [5, 5.41) is 0. The van der Waals surface area contributed by atoms with Gasteiger partial charge < -0.3 is 4.52 Å². The van der Waals surface area contributed by atoms with Gasteiger partial charge in [-0.05, 0) is 26.3 Å². The third-order valence-electron chi connectivity index (χ3n) is 2.91. The first-order valence-corrected chi connectivity index (χ1v) is 8.45. The van der Waals surface area contributed by atoms with E-state index in [1.165, 1.54) is 25.7 Å². The molecule has 0 fully saturated rings. The van der Waals surface area contributed by atoms with E-state index >= 15 is 0 Å². The van der Waals surface area contributed by atoms with Crippen molar-refractivity contribution in [2.45, 2.75) is 66.0 Å². The van der Waals surface area contributed by atoms with E-state index in [-0.39, 0.29) is 6.23 Å². The van der Waals surface area contributed by atoms with Crippen molar-refractivity contribution in [2.75, 3.05) is 19.7 Å². The highest BCUT2D eigenvalue weighted by atomic mass is 31.1. The summed E-state index contributed by atoms with van der Waals surface area (Å²) in [4.78, 5) is 2.20. The molecule has 0 saturated heterocycles. The molecule has 110 valence electrons. The van der Waals surface area contributed by atoms with Gasteiger partial charge >= 0.3 is 8.25 Å². The summed E-state index contributed by atoms with van der Waals surface area (Å²) in [6.45, 7) is 10.7. The van der Waals surface area contributed by atoms with Crippen LogP contribution in [0.2, 0.25) is 0 Å². The highest BCUT2D eigenvalue weighted by Gasteiger charge is 2.14. The normalized spacial score (nSPS) is 14.9. The monoisotopic (exact) mass is 279 g/mol. The minimum absolute atomic E-state index is 0.125. The first kappa shape index (κ1) is 18.1. The predicted molar refractivity (Wildman–Crippen MR) is 77.2 cm³/mol. The van der Waals surface area contributed by atoms with Gasteiger partial charge in [0.1, 0.15) is 6.23 Å². The lowest BCUT2D eigenvalue weighted by Crippen LogP contribution is -2.34. The van der Waals surface area contributed by atoms with Gasteiger partial charge in [-0.15, -0.1) is 0 Å². The van der Waals surface area contributed by atoms with Crippen molar-refractivity contribution in [3.8, 4) is 0 Å². The van der Waals surface area contributed by atoms with Crippen molar-refractivity contribution in [3.63, 3.8) is 0 Å². The smallest absolute Gasteiger partial charge is 0.311 e. The predicted octanol–water partition coefficient (Wildman–Crippen LogP) is 4.07. The van der Waals surface area contributed by atoms with E-state index in [9.17, 15) is 4.57 Å². The lowest BCUT2D eigenvalue weighted by Gasteiger charge is -2.27. The summed E-state index contributed by atoms with van der Waals surface area (Å²) in [5.74, 6) is 0. The first-order chi connectivity index (χ1) is 8.65. The van der Waals surface area contributed by atoms with Gasteiger partial charge in [0.15, 0.2) is 0 Å². The second-order valence-corrected chi connectivity index (χ2v) is 5.53. The molecule has 0 saturated carbocycles. The molecule has 0 amide bonds. The third kappa shape index (κ3) is 9.09. The van der Waals surface area contributed by atoms with Gasteiger partial charge in [-0.3, -0.25) is 14.0 Å². The molecule has 0 N–H and O–H groups in total. The fourth-order valence-electron chi connectivity index (χ4n) is 1.77. The lowest BCUT2D eigenvalue weighted by atomic mass is 10.2. The molecule has 0 spiro atoms. The second-order valence-electron chi connectivity index (χ2n) is 4.50. The van der Waals surface area contributed by atoms with Crippen LogP contribution in [0.4, 0.5) is 0 Å². The SMILES string of the molecule is CCCCCCN(CC)C(C)O[PH](=O)OCCC. The third-order valence-corrected chi connectivity index (χ3v) is 3.88. The molecule has 0 aliphatic heterocycles. The van der Waals surface area contributed by atoms with Crippen LogP contribution < -0.4 is 0 Å². The van der Waals surface area contributed by atoms with Gasteiger partial charge in [-0.1, -0.05) is 40.0 Å². The fraction of sp³-hybridized carbons (Fsp3) is 1.00. The summed E-state index contributed by atoms with van der Waals surface area (Å²) >= 11 is 0. The quantitative estimate of drug-likeness (QED) is 0.307. The Bertz CT molecular complexity index is 214. The first-order valence-electron chi connectivity index (χ1n) is 7.23. The molecule has 2 atom stereocenters. The van der Waals surface area contributed by atoms with Gasteiger partial charge in [0, 0.05) is 6.54 Å². The van der Waals surface area contributed by atoms with Crippen LogP contribution in [-0.2, 0) is 13.6 Å². The summed E-state index contributed by atoms with van der Waals surface area (Å²) in [7, 11) is -2.33. The Morgan fingerprint density at radius 1 is 1.11 bits per heavy atom. The molecular formula is C13H30NO3P. The standard InChI is InChI=1S/C13H30NO3P/c1-5-8-9-10-11-14(7-3)13(4)17-18(15)16-12-6-2/h13,18H,5-12H2,1-4H3. The van der Waals surface area contributed by atoms with Crippen LogP contribution in [0.3, 0.4) is 0 Å². The van der Waals surface area contributed by atoms with Crippen molar-refractivity contribution in [1.82, 2.24) is 4.90 Å². The zero-order chi connectivity index (χ0) is 13.8. The molecule has 0 rings (SSSR count). The molecule has 0 aliphatic rings. The molecule has 0 radical (unpaired) electrons. The molecule has 4 nitrogen and oxygen atoms in total. The van der Waals surface area contributed by atoms with Gasteiger partial charge in [0.05, 0.1) is 6.61 Å². The second kappa shape index (κ2) is 12.2. The van der Waals surface area contributed by atoms with Gasteiger partial charge in [0.25, 0.3) is 0 Å². The minimum Gasteiger partial charge on any atom is -0.311 e. The Morgan fingerprint density at radius 3 is 2.39 bits per heavy atom. The van der Waals surface area contributed by atoms with Crippen LogP contribution in [0.5, 0.6) is 0 Å². The highest BCUT2D eigenvalue weighted by Crippen LogP contribution is 2.27. The number of hydrogen-bond acceptors (Lipinski definition) is 4. The van der Waals surface area contributed by atoms with Crippen LogP contribution in [0.1, 0.15) is 59.8 Å². The van der Waals surface area contributed by atoms with Crippen LogP contribution in [0.15, 0.2) is 0 Å². The van der Waals surface area contributed by atoms with Crippen molar-refractivity contribution >= 4 is 8.25 Å². The van der Waals surface area contributed by atoms with Crippen molar-refractivity contribution in [2.24, 2.45) is 0 Å². The topological polar surface area (TPSA) is 38.8 Å². The molecule has 0 heterocycles. The molecule has 0 aromatic carbocycles. The van der Waals surface area contributed by atoms with Crippen LogP contribution in [0, 0.1) is 0 Å². The zero-order valence-electron chi connectivity index (χ0n) is 12.4. The largest absolute Gasteiger partial charge is 0.320 e. The maximum Gasteiger partial charge on any atom is 0.320 e. The number of rotatable bonds is 12. The summed E-state index contributed by atoms with van der Waals surface area (Å²) in [6, 6.07) is 0. The number of nitrogens with zero attached hydrogens (tertiary/aromatic N) is 1. The molecular weight excluding hydrogens is 249 g/mol. The Labute approximate surface area is 113 Å². The molecule has 0 bridgehead atoms. The molecule has 2 unspecified atom stereocenters. The number of hydrogen-bond donors (Lipinski definition) is 0. The molecule has 0 aliphatic carbocycles. The maximum atomic E-state index is 11.5. The van der Waals surface area contributed by atoms with Crippen molar-refractivity contribution in [1.29, 1.82) is 0 Å². The zero-order valence-corrected chi connectivity index (χ0v) is 13.4. The Morgan fingerprint density at radius 2 is 1.83 bits per heavy atom. The van der Waals surface area contributed by atoms with E-state index in [0.29, 0.717) is 6.61 Å². The minimum atomic E-state index is -2.33. The van der Waals surface area contributed by atoms with Crippen LogP contribution >= 0.6 is 8.25 Å². The van der Waals surface area contributed by atoms with Crippen molar-refractivity contribution < 1.29 is 13.6 Å². The average molecular weight is 279 g/mol. The fourth-order valence-corrected chi connectivity index (χ4v) is 2.64. The average Bonchev–Trinajstić information content (AvgIpc) is 2.36. The Kier molecular flexibility index (Phi) is 12.2. The van der Waals surface area contributed by atoms with Crippen molar-refractivity contribution in [3.05, 3.63) is 0 Å². The van der Waals surface area contributed by atoms with Gasteiger partial charge in [-0.2, -0.15) is 0 Å². The van der Waals surface area contributed by atoms with Crippen LogP contribution in [-0.4, -0.2) is 30.8 Å². The van der Waals surface area contributed by atoms with E-state index in [1.54, 1.807) is 0 Å². The summed E-state index contributed by atoms with van der Waals surface area (Å²) in [5.41, 5.74) is 0. The molecule has 18 heavy (non-hydrogen) atoms. The lowest BCUT2D eigenvalue weighted by molar-refractivity contribution is 0.0345. The highest BCUT2D eigenvalue weighted by molar-refractivity contribution is 7.33. The van der Waals surface area contributed by atoms with E-state index < -0.39 is 8.25 Å². The summed E-state index contributed by atoms with van der Waals surface area (Å²) < 4.78 is 22.0. The number of unbranched alkanes of at least 4 members (excludes halogenated alkanes) is 3. The van der Waals surface area contributed by atoms with E-state index in [4.69, 9.17) is 9.05 Å². The Hall–Kier alpha value is 0.110. The van der Waals surface area contributed by atoms with E-state index in [0.717, 1.165) is 19.5 Å². The van der Waals surface area contributed by atoms with Crippen LogP contribution in [0.25, 0.3) is 0 Å². The van der Waals surface area contributed by atoms with E-state index in [1.807, 2.05) is 13.8 Å². The van der Waals surface area contributed by atoms with Gasteiger partial charge in [-0.25, -0.2) is 0 Å². The Balaban J connectivity index is 3.86. The maximum absolute atomic E-state index is 11.5. The van der Waals surface area contributed by atoms with E-state index in [2.05, 4.69) is 18.7 Å². The molecule has 0 aromatic heterocycles.